The van der Waals surface area contributed by atoms with Gasteiger partial charge in [0.05, 0.1) is 5.56 Å². The Bertz CT molecular complexity index is 281. The lowest BCUT2D eigenvalue weighted by Crippen LogP contribution is -2.00. The average Bonchev–Trinajstić information content (AvgIpc) is 2.02. The second-order valence-electron chi connectivity index (χ2n) is 2.08. The zero-order valence-corrected chi connectivity index (χ0v) is 5.67. The minimum absolute atomic E-state index is 0.0316. The third-order valence-corrected chi connectivity index (χ3v) is 1.34. The third-order valence-electron chi connectivity index (χ3n) is 1.34. The summed E-state index contributed by atoms with van der Waals surface area (Å²) in [6.45, 7) is -1.58. The number of halogens is 5. The van der Waals surface area contributed by atoms with Crippen LogP contribution >= 0.6 is 0 Å². The van der Waals surface area contributed by atoms with Gasteiger partial charge in [0.25, 0.3) is 0 Å². The summed E-state index contributed by atoms with van der Waals surface area (Å²) in [6, 6.07) is 0.0316. The van der Waals surface area contributed by atoms with E-state index in [1.54, 1.807) is 0 Å². The molecule has 0 saturated carbocycles. The minimum Gasteiger partial charge on any atom is -0.246 e. The molecule has 0 aliphatic heterocycles. The summed E-state index contributed by atoms with van der Waals surface area (Å²) in [5, 5.41) is 0. The fourth-order valence-electron chi connectivity index (χ4n) is 0.740. The lowest BCUT2D eigenvalue weighted by molar-refractivity contribution is 0.395. The van der Waals surface area contributed by atoms with E-state index in [1.165, 1.54) is 0 Å². The van der Waals surface area contributed by atoms with E-state index in [9.17, 15) is 22.0 Å². The first kappa shape index (κ1) is 8.96. The quantitative estimate of drug-likeness (QED) is 0.462. The largest absolute Gasteiger partial charge is 0.246 e. The topological polar surface area (TPSA) is 0 Å². The fourth-order valence-corrected chi connectivity index (χ4v) is 0.740. The summed E-state index contributed by atoms with van der Waals surface area (Å²) in [5.41, 5.74) is -1.22. The minimum atomic E-state index is -1.68. The van der Waals surface area contributed by atoms with Gasteiger partial charge in [-0.25, -0.2) is 22.0 Å². The summed E-state index contributed by atoms with van der Waals surface area (Å²) >= 11 is 0. The van der Waals surface area contributed by atoms with Crippen LogP contribution in [0.2, 0.25) is 0 Å². The standard InChI is InChI=1S/C7H3F5/c8-2-3-6(11)4(9)1-5(10)7(3)12/h1H,2H2. The fraction of sp³-hybridized carbons (Fsp3) is 0.143. The average molecular weight is 182 g/mol. The van der Waals surface area contributed by atoms with Gasteiger partial charge in [0, 0.05) is 6.07 Å². The summed E-state index contributed by atoms with van der Waals surface area (Å²) in [6.07, 6.45) is 0. The van der Waals surface area contributed by atoms with Crippen LogP contribution in [0.25, 0.3) is 0 Å². The predicted molar refractivity (Wildman–Crippen MR) is 31.1 cm³/mol. The Kier molecular flexibility index (Phi) is 2.30. The van der Waals surface area contributed by atoms with Crippen LogP contribution in [0.5, 0.6) is 0 Å². The predicted octanol–water partition coefficient (Wildman–Crippen LogP) is 2.71. The van der Waals surface area contributed by atoms with Gasteiger partial charge in [0.1, 0.15) is 6.67 Å². The number of alkyl halides is 1. The molecule has 0 radical (unpaired) electrons. The second-order valence-corrected chi connectivity index (χ2v) is 2.08. The molecular formula is C7H3F5. The Morgan fingerprint density at radius 1 is 0.917 bits per heavy atom. The van der Waals surface area contributed by atoms with Crippen LogP contribution in [0, 0.1) is 23.3 Å². The summed E-state index contributed by atoms with van der Waals surface area (Å²) < 4.78 is 61.2. The summed E-state index contributed by atoms with van der Waals surface area (Å²) in [5.74, 6) is -6.56. The molecule has 0 atom stereocenters. The van der Waals surface area contributed by atoms with Gasteiger partial charge >= 0.3 is 0 Å². The van der Waals surface area contributed by atoms with Gasteiger partial charge in [0.2, 0.25) is 0 Å². The van der Waals surface area contributed by atoms with Crippen molar-refractivity contribution in [3.8, 4) is 0 Å². The maximum atomic E-state index is 12.4. The zero-order chi connectivity index (χ0) is 9.30. The highest BCUT2D eigenvalue weighted by atomic mass is 19.2. The number of rotatable bonds is 1. The van der Waals surface area contributed by atoms with Crippen LogP contribution in [-0.2, 0) is 6.67 Å². The Balaban J connectivity index is 3.42. The Labute approximate surface area is 64.6 Å². The summed E-state index contributed by atoms with van der Waals surface area (Å²) in [4.78, 5) is 0. The molecule has 0 bridgehead atoms. The van der Waals surface area contributed by atoms with E-state index in [0.29, 0.717) is 0 Å². The van der Waals surface area contributed by atoms with Crippen LogP contribution in [-0.4, -0.2) is 0 Å². The molecule has 0 heterocycles. The van der Waals surface area contributed by atoms with E-state index in [1.807, 2.05) is 0 Å². The molecule has 0 aromatic heterocycles. The molecule has 0 aliphatic carbocycles. The normalized spacial score (nSPS) is 10.4. The van der Waals surface area contributed by atoms with Crippen molar-refractivity contribution in [2.75, 3.05) is 0 Å². The van der Waals surface area contributed by atoms with Gasteiger partial charge in [-0.05, 0) is 0 Å². The van der Waals surface area contributed by atoms with E-state index in [-0.39, 0.29) is 6.07 Å². The van der Waals surface area contributed by atoms with Crippen molar-refractivity contribution < 1.29 is 22.0 Å². The number of hydrogen-bond acceptors (Lipinski definition) is 0. The molecule has 0 N–H and O–H groups in total. The van der Waals surface area contributed by atoms with E-state index in [0.717, 1.165) is 0 Å². The van der Waals surface area contributed by atoms with E-state index >= 15 is 0 Å². The second kappa shape index (κ2) is 3.08. The highest BCUT2D eigenvalue weighted by Gasteiger charge is 2.18. The van der Waals surface area contributed by atoms with Crippen molar-refractivity contribution in [2.45, 2.75) is 6.67 Å². The van der Waals surface area contributed by atoms with Gasteiger partial charge < -0.3 is 0 Å². The van der Waals surface area contributed by atoms with E-state index < -0.39 is 35.5 Å². The third kappa shape index (κ3) is 1.26. The van der Waals surface area contributed by atoms with Crippen molar-refractivity contribution in [1.29, 1.82) is 0 Å². The van der Waals surface area contributed by atoms with Crippen molar-refractivity contribution >= 4 is 0 Å². The molecule has 1 aromatic rings. The molecule has 0 nitrogen and oxygen atoms in total. The van der Waals surface area contributed by atoms with Crippen LogP contribution in [0.3, 0.4) is 0 Å². The first-order valence-corrected chi connectivity index (χ1v) is 2.95. The van der Waals surface area contributed by atoms with Gasteiger partial charge in [-0.15, -0.1) is 0 Å². The van der Waals surface area contributed by atoms with Gasteiger partial charge in [-0.1, -0.05) is 0 Å². The molecule has 0 saturated heterocycles. The van der Waals surface area contributed by atoms with Gasteiger partial charge in [-0.2, -0.15) is 0 Å². The SMILES string of the molecule is FCc1c(F)c(F)cc(F)c1F. The monoisotopic (exact) mass is 182 g/mol. The van der Waals surface area contributed by atoms with E-state index in [2.05, 4.69) is 0 Å². The highest BCUT2D eigenvalue weighted by Crippen LogP contribution is 2.19. The molecule has 0 fully saturated rings. The first-order valence-electron chi connectivity index (χ1n) is 2.95. The molecule has 66 valence electrons. The van der Waals surface area contributed by atoms with E-state index in [4.69, 9.17) is 0 Å². The molecule has 0 amide bonds. The number of benzene rings is 1. The molecule has 5 heteroatoms. The molecule has 0 unspecified atom stereocenters. The molecule has 12 heavy (non-hydrogen) atoms. The maximum Gasteiger partial charge on any atom is 0.167 e. The summed E-state index contributed by atoms with van der Waals surface area (Å²) in [7, 11) is 0. The Morgan fingerprint density at radius 2 is 1.33 bits per heavy atom. The van der Waals surface area contributed by atoms with Crippen LogP contribution < -0.4 is 0 Å². The van der Waals surface area contributed by atoms with Crippen molar-refractivity contribution in [1.82, 2.24) is 0 Å². The smallest absolute Gasteiger partial charge is 0.167 e. The van der Waals surface area contributed by atoms with Crippen molar-refractivity contribution in [2.24, 2.45) is 0 Å². The molecule has 0 spiro atoms. The Morgan fingerprint density at radius 3 is 1.67 bits per heavy atom. The lowest BCUT2D eigenvalue weighted by atomic mass is 10.2. The number of hydrogen-bond donors (Lipinski definition) is 0. The Hall–Kier alpha value is -1.13. The highest BCUT2D eigenvalue weighted by molar-refractivity contribution is 5.21. The van der Waals surface area contributed by atoms with Gasteiger partial charge in [0.15, 0.2) is 23.3 Å². The molecule has 1 aromatic carbocycles. The van der Waals surface area contributed by atoms with Crippen LogP contribution in [0.15, 0.2) is 6.07 Å². The van der Waals surface area contributed by atoms with Gasteiger partial charge in [-0.3, -0.25) is 0 Å². The lowest BCUT2D eigenvalue weighted by Gasteiger charge is -2.01. The molecule has 1 rings (SSSR count). The van der Waals surface area contributed by atoms with Crippen LogP contribution in [0.4, 0.5) is 22.0 Å². The first-order chi connectivity index (χ1) is 5.57. The molecule has 0 aliphatic rings. The molecular weight excluding hydrogens is 179 g/mol. The van der Waals surface area contributed by atoms with Crippen molar-refractivity contribution in [3.05, 3.63) is 34.9 Å². The van der Waals surface area contributed by atoms with Crippen molar-refractivity contribution in [3.63, 3.8) is 0 Å². The van der Waals surface area contributed by atoms with Crippen LogP contribution in [0.1, 0.15) is 5.56 Å². The maximum absolute atomic E-state index is 12.4. The zero-order valence-electron chi connectivity index (χ0n) is 5.67.